The van der Waals surface area contributed by atoms with Gasteiger partial charge < -0.3 is 9.61 Å². The number of carbonyl (C=O) groups is 1. The SMILES string of the molecule is O=C(Nc1cccc(I)c1)c1ccc(Cl)c(I)c1OCl. The zero-order valence-electron chi connectivity index (χ0n) is 9.79. The molecule has 0 fully saturated rings. The molecule has 3 nitrogen and oxygen atoms in total. The van der Waals surface area contributed by atoms with Crippen LogP contribution in [0, 0.1) is 7.14 Å². The predicted octanol–water partition coefficient (Wildman–Crippen LogP) is 5.33. The molecule has 0 spiro atoms. The number of benzene rings is 2. The van der Waals surface area contributed by atoms with Gasteiger partial charge in [-0.2, -0.15) is 0 Å². The fourth-order valence-electron chi connectivity index (χ4n) is 1.55. The first-order valence-electron chi connectivity index (χ1n) is 5.36. The smallest absolute Gasteiger partial charge is 0.259 e. The summed E-state index contributed by atoms with van der Waals surface area (Å²) in [4.78, 5) is 12.3. The van der Waals surface area contributed by atoms with Crippen molar-refractivity contribution in [2.75, 3.05) is 5.32 Å². The van der Waals surface area contributed by atoms with Crippen LogP contribution in [0.25, 0.3) is 0 Å². The molecule has 0 aromatic heterocycles. The Bertz CT molecular complexity index is 665. The van der Waals surface area contributed by atoms with Crippen LogP contribution in [0.1, 0.15) is 10.4 Å². The van der Waals surface area contributed by atoms with E-state index in [0.717, 1.165) is 3.57 Å². The molecular formula is C13H7Cl2I2NO2. The lowest BCUT2D eigenvalue weighted by atomic mass is 10.2. The Morgan fingerprint density at radius 1 is 1.20 bits per heavy atom. The summed E-state index contributed by atoms with van der Waals surface area (Å²) in [7, 11) is 0. The predicted molar refractivity (Wildman–Crippen MR) is 97.8 cm³/mol. The largest absolute Gasteiger partial charge is 0.384 e. The van der Waals surface area contributed by atoms with Crippen LogP contribution in [-0.4, -0.2) is 5.91 Å². The number of hydrogen-bond donors (Lipinski definition) is 1. The van der Waals surface area contributed by atoms with E-state index in [0.29, 0.717) is 19.8 Å². The summed E-state index contributed by atoms with van der Waals surface area (Å²) >= 11 is 15.6. The minimum atomic E-state index is -0.308. The minimum Gasteiger partial charge on any atom is -0.384 e. The van der Waals surface area contributed by atoms with Gasteiger partial charge in [0.1, 0.15) is 11.9 Å². The van der Waals surface area contributed by atoms with Crippen LogP contribution in [0.15, 0.2) is 36.4 Å². The van der Waals surface area contributed by atoms with Crippen molar-refractivity contribution in [1.82, 2.24) is 0 Å². The summed E-state index contributed by atoms with van der Waals surface area (Å²) in [5, 5.41) is 3.27. The van der Waals surface area contributed by atoms with Crippen LogP contribution in [0.3, 0.4) is 0 Å². The molecule has 0 atom stereocenters. The molecule has 0 aliphatic carbocycles. The maximum absolute atomic E-state index is 12.3. The third-order valence-corrected chi connectivity index (χ3v) is 4.98. The van der Waals surface area contributed by atoms with Gasteiger partial charge in [0.25, 0.3) is 5.91 Å². The van der Waals surface area contributed by atoms with Gasteiger partial charge in [-0.1, -0.05) is 17.7 Å². The van der Waals surface area contributed by atoms with Crippen LogP contribution >= 0.6 is 68.6 Å². The molecule has 0 heterocycles. The van der Waals surface area contributed by atoms with Crippen molar-refractivity contribution in [3.05, 3.63) is 54.1 Å². The first-order chi connectivity index (χ1) is 9.52. The normalized spacial score (nSPS) is 10.2. The Kier molecular flexibility index (Phi) is 5.76. The number of nitrogens with one attached hydrogen (secondary N) is 1. The molecular weight excluding hydrogens is 527 g/mol. The van der Waals surface area contributed by atoms with Crippen molar-refractivity contribution >= 4 is 80.2 Å². The summed E-state index contributed by atoms with van der Waals surface area (Å²) in [5.41, 5.74) is 1.03. The van der Waals surface area contributed by atoms with Gasteiger partial charge in [0, 0.05) is 9.26 Å². The van der Waals surface area contributed by atoms with E-state index in [-0.39, 0.29) is 11.7 Å². The average Bonchev–Trinajstić information content (AvgIpc) is 2.41. The second kappa shape index (κ2) is 7.15. The first-order valence-corrected chi connectivity index (χ1v) is 8.21. The molecule has 1 N–H and O–H groups in total. The van der Waals surface area contributed by atoms with Gasteiger partial charge in [-0.3, -0.25) is 4.79 Å². The lowest BCUT2D eigenvalue weighted by Crippen LogP contribution is -2.13. The van der Waals surface area contributed by atoms with Gasteiger partial charge in [0.15, 0.2) is 5.75 Å². The number of anilines is 1. The Morgan fingerprint density at radius 2 is 1.95 bits per heavy atom. The van der Waals surface area contributed by atoms with E-state index in [9.17, 15) is 4.79 Å². The van der Waals surface area contributed by atoms with Gasteiger partial charge in [-0.25, -0.2) is 0 Å². The highest BCUT2D eigenvalue weighted by molar-refractivity contribution is 14.1. The third-order valence-electron chi connectivity index (χ3n) is 2.45. The van der Waals surface area contributed by atoms with Crippen LogP contribution in [-0.2, 0) is 0 Å². The highest BCUT2D eigenvalue weighted by atomic mass is 127. The molecule has 2 rings (SSSR count). The van der Waals surface area contributed by atoms with Gasteiger partial charge in [-0.05, 0) is 75.5 Å². The molecule has 0 radical (unpaired) electrons. The highest BCUT2D eigenvalue weighted by Crippen LogP contribution is 2.33. The van der Waals surface area contributed by atoms with Crippen LogP contribution < -0.4 is 9.61 Å². The number of amides is 1. The maximum Gasteiger partial charge on any atom is 0.259 e. The highest BCUT2D eigenvalue weighted by Gasteiger charge is 2.18. The number of halogens is 4. The van der Waals surface area contributed by atoms with Gasteiger partial charge in [0.2, 0.25) is 0 Å². The maximum atomic E-state index is 12.3. The quantitative estimate of drug-likeness (QED) is 0.541. The Morgan fingerprint density at radius 3 is 2.60 bits per heavy atom. The van der Waals surface area contributed by atoms with Gasteiger partial charge in [-0.15, -0.1) is 0 Å². The first kappa shape index (κ1) is 16.1. The van der Waals surface area contributed by atoms with Crippen molar-refractivity contribution < 1.29 is 9.08 Å². The van der Waals surface area contributed by atoms with E-state index < -0.39 is 0 Å². The molecule has 0 saturated carbocycles. The minimum absolute atomic E-state index is 0.253. The van der Waals surface area contributed by atoms with E-state index in [1.165, 1.54) is 0 Å². The van der Waals surface area contributed by atoms with E-state index in [1.807, 2.05) is 46.9 Å². The summed E-state index contributed by atoms with van der Waals surface area (Å²) in [6, 6.07) is 10.7. The van der Waals surface area contributed by atoms with Gasteiger partial charge in [0.05, 0.1) is 14.2 Å². The molecule has 0 saturated heterocycles. The molecule has 2 aromatic rings. The number of hydrogen-bond acceptors (Lipinski definition) is 2. The van der Waals surface area contributed by atoms with E-state index >= 15 is 0 Å². The number of carbonyl (C=O) groups excluding carboxylic acids is 1. The van der Waals surface area contributed by atoms with Crippen molar-refractivity contribution in [1.29, 1.82) is 0 Å². The topological polar surface area (TPSA) is 38.3 Å². The summed E-state index contributed by atoms with van der Waals surface area (Å²) < 4.78 is 6.38. The van der Waals surface area contributed by atoms with Crippen molar-refractivity contribution in [3.8, 4) is 5.75 Å². The van der Waals surface area contributed by atoms with Crippen molar-refractivity contribution in [2.45, 2.75) is 0 Å². The molecule has 20 heavy (non-hydrogen) atoms. The lowest BCUT2D eigenvalue weighted by Gasteiger charge is -2.10. The average molecular weight is 534 g/mol. The third kappa shape index (κ3) is 3.69. The fraction of sp³-hybridized carbons (Fsp3) is 0. The second-order valence-corrected chi connectivity index (χ2v) is 6.67. The van der Waals surface area contributed by atoms with Crippen LogP contribution in [0.2, 0.25) is 5.02 Å². The second-order valence-electron chi connectivity index (χ2n) is 3.78. The fourth-order valence-corrected chi connectivity index (χ4v) is 3.11. The summed E-state index contributed by atoms with van der Waals surface area (Å²) in [6.07, 6.45) is 0. The van der Waals surface area contributed by atoms with Crippen LogP contribution in [0.5, 0.6) is 5.75 Å². The molecule has 104 valence electrons. The molecule has 0 bridgehead atoms. The number of rotatable bonds is 3. The standard InChI is InChI=1S/C13H7Cl2I2NO2/c14-10-5-4-9(12(20-15)11(10)17)13(19)18-8-3-1-2-7(16)6-8/h1-6H,(H,18,19). The zero-order chi connectivity index (χ0) is 14.7. The Balaban J connectivity index is 2.32. The van der Waals surface area contributed by atoms with Crippen molar-refractivity contribution in [2.24, 2.45) is 0 Å². The van der Waals surface area contributed by atoms with Crippen LogP contribution in [0.4, 0.5) is 5.69 Å². The van der Waals surface area contributed by atoms with Gasteiger partial charge >= 0.3 is 0 Å². The molecule has 2 aromatic carbocycles. The van der Waals surface area contributed by atoms with E-state index in [1.54, 1.807) is 12.1 Å². The zero-order valence-corrected chi connectivity index (χ0v) is 15.6. The summed E-state index contributed by atoms with van der Waals surface area (Å²) in [5.74, 6) is -0.0554. The molecule has 0 unspecified atom stereocenters. The Labute approximate surface area is 153 Å². The Hall–Kier alpha value is -0.250. The summed E-state index contributed by atoms with van der Waals surface area (Å²) in [6.45, 7) is 0. The molecule has 0 aliphatic heterocycles. The monoisotopic (exact) mass is 533 g/mol. The molecule has 1 amide bonds. The molecule has 7 heteroatoms. The van der Waals surface area contributed by atoms with E-state index in [4.69, 9.17) is 27.8 Å². The van der Waals surface area contributed by atoms with E-state index in [2.05, 4.69) is 27.9 Å². The lowest BCUT2D eigenvalue weighted by molar-refractivity contribution is 0.102. The molecule has 0 aliphatic rings. The van der Waals surface area contributed by atoms with Crippen molar-refractivity contribution in [3.63, 3.8) is 0 Å².